The number of anilines is 1. The van der Waals surface area contributed by atoms with E-state index < -0.39 is 5.25 Å². The normalized spacial score (nSPS) is 12.0. The molecule has 3 aromatic rings. The number of thioether (sulfide) groups is 1. The lowest BCUT2D eigenvalue weighted by molar-refractivity contribution is -0.115. The van der Waals surface area contributed by atoms with Crippen molar-refractivity contribution >= 4 is 35.0 Å². The molecule has 0 radical (unpaired) electrons. The van der Waals surface area contributed by atoms with Gasteiger partial charge in [-0.05, 0) is 51.0 Å². The molecule has 0 unspecified atom stereocenters. The fourth-order valence-corrected chi connectivity index (χ4v) is 3.96. The van der Waals surface area contributed by atoms with Crippen LogP contribution in [0.1, 0.15) is 23.6 Å². The molecule has 0 saturated carbocycles. The lowest BCUT2D eigenvalue weighted by atomic mass is 10.1. The molecule has 2 aromatic carbocycles. The molecule has 1 amide bonds. The van der Waals surface area contributed by atoms with Crippen LogP contribution >= 0.6 is 23.4 Å². The quantitative estimate of drug-likeness (QED) is 0.477. The van der Waals surface area contributed by atoms with Gasteiger partial charge in [0.25, 0.3) is 0 Å². The van der Waals surface area contributed by atoms with Crippen LogP contribution in [-0.2, 0) is 4.79 Å². The molecule has 0 spiro atoms. The van der Waals surface area contributed by atoms with E-state index in [4.69, 9.17) is 17.4 Å². The van der Waals surface area contributed by atoms with Gasteiger partial charge in [0.05, 0.1) is 5.25 Å². The molecule has 146 valence electrons. The maximum Gasteiger partial charge on any atom is 0.237 e. The van der Waals surface area contributed by atoms with Crippen LogP contribution in [-0.4, -0.2) is 26.0 Å². The lowest BCUT2D eigenvalue weighted by Gasteiger charge is -2.16. The Morgan fingerprint density at radius 1 is 1.18 bits per heavy atom. The predicted octanol–water partition coefficient (Wildman–Crippen LogP) is 4.36. The highest BCUT2D eigenvalue weighted by atomic mass is 35.5. The van der Waals surface area contributed by atoms with Crippen LogP contribution < -0.4 is 11.2 Å². The highest BCUT2D eigenvalue weighted by molar-refractivity contribution is 8.00. The maximum absolute atomic E-state index is 12.7. The van der Waals surface area contributed by atoms with Crippen molar-refractivity contribution in [3.8, 4) is 11.4 Å². The van der Waals surface area contributed by atoms with Gasteiger partial charge in [0, 0.05) is 16.3 Å². The number of nitrogens with zero attached hydrogens (tertiary/aromatic N) is 3. The van der Waals surface area contributed by atoms with E-state index in [1.165, 1.54) is 22.0 Å². The summed E-state index contributed by atoms with van der Waals surface area (Å²) in [4.78, 5) is 12.7. The number of carbonyl (C=O) groups excluding carboxylic acids is 1. The summed E-state index contributed by atoms with van der Waals surface area (Å²) < 4.78 is 1.38. The Morgan fingerprint density at radius 3 is 2.50 bits per heavy atom. The maximum atomic E-state index is 12.7. The van der Waals surface area contributed by atoms with Gasteiger partial charge in [-0.1, -0.05) is 53.2 Å². The van der Waals surface area contributed by atoms with E-state index in [-0.39, 0.29) is 5.91 Å². The molecule has 6 nitrogen and oxygen atoms in total. The zero-order valence-electron chi connectivity index (χ0n) is 16.2. The fourth-order valence-electron chi connectivity index (χ4n) is 3.00. The molecule has 0 aliphatic rings. The minimum absolute atomic E-state index is 0.118. The summed E-state index contributed by atoms with van der Waals surface area (Å²) in [5, 5.41) is 11.9. The summed E-state index contributed by atoms with van der Waals surface area (Å²) in [6.45, 7) is 7.82. The Morgan fingerprint density at radius 2 is 1.86 bits per heavy atom. The number of amides is 1. The van der Waals surface area contributed by atoms with E-state index in [1.54, 1.807) is 12.1 Å². The van der Waals surface area contributed by atoms with E-state index >= 15 is 0 Å². The molecular formula is C20H22ClN5OS. The Kier molecular flexibility index (Phi) is 5.96. The van der Waals surface area contributed by atoms with Crippen LogP contribution in [0.3, 0.4) is 0 Å². The zero-order valence-corrected chi connectivity index (χ0v) is 17.7. The second-order valence-electron chi connectivity index (χ2n) is 6.71. The van der Waals surface area contributed by atoms with Crippen molar-refractivity contribution in [2.75, 3.05) is 11.2 Å². The average Bonchev–Trinajstić information content (AvgIpc) is 2.98. The predicted molar refractivity (Wildman–Crippen MR) is 115 cm³/mol. The summed E-state index contributed by atoms with van der Waals surface area (Å²) in [6, 6.07) is 11.3. The number of aryl methyl sites for hydroxylation is 3. The van der Waals surface area contributed by atoms with Crippen molar-refractivity contribution in [2.24, 2.45) is 0 Å². The molecule has 0 bridgehead atoms. The summed E-state index contributed by atoms with van der Waals surface area (Å²) in [5.41, 5.74) is 4.84. The van der Waals surface area contributed by atoms with Crippen LogP contribution in [0.2, 0.25) is 5.02 Å². The number of nitrogens with two attached hydrogens (primary N) is 1. The van der Waals surface area contributed by atoms with Crippen molar-refractivity contribution in [2.45, 2.75) is 38.1 Å². The van der Waals surface area contributed by atoms with Crippen molar-refractivity contribution in [3.63, 3.8) is 0 Å². The minimum atomic E-state index is -0.404. The number of nitrogens with one attached hydrogen (secondary N) is 1. The lowest BCUT2D eigenvalue weighted by Crippen LogP contribution is -2.24. The molecule has 8 heteroatoms. The number of halogens is 1. The largest absolute Gasteiger partial charge is 0.335 e. The molecule has 3 N–H and O–H groups in total. The van der Waals surface area contributed by atoms with Gasteiger partial charge in [0.2, 0.25) is 11.1 Å². The SMILES string of the molecule is Cc1cc(C)c(NC(=O)[C@H](C)Sc2nnc(-c3cccc(Cl)c3)n2N)c(C)c1. The van der Waals surface area contributed by atoms with E-state index in [9.17, 15) is 4.79 Å². The van der Waals surface area contributed by atoms with Gasteiger partial charge in [0.1, 0.15) is 0 Å². The first kappa shape index (κ1) is 20.2. The molecule has 3 rings (SSSR count). The minimum Gasteiger partial charge on any atom is -0.335 e. The van der Waals surface area contributed by atoms with Crippen LogP contribution in [0.15, 0.2) is 41.6 Å². The van der Waals surface area contributed by atoms with Gasteiger partial charge >= 0.3 is 0 Å². The molecule has 0 aliphatic heterocycles. The zero-order chi connectivity index (χ0) is 20.4. The molecular weight excluding hydrogens is 394 g/mol. The highest BCUT2D eigenvalue weighted by Gasteiger charge is 2.21. The Hall–Kier alpha value is -2.51. The topological polar surface area (TPSA) is 85.8 Å². The Bertz CT molecular complexity index is 1010. The molecule has 0 fully saturated rings. The van der Waals surface area contributed by atoms with Crippen LogP contribution in [0.25, 0.3) is 11.4 Å². The van der Waals surface area contributed by atoms with Crippen molar-refractivity contribution in [1.29, 1.82) is 0 Å². The van der Waals surface area contributed by atoms with E-state index in [1.807, 2.05) is 52.0 Å². The van der Waals surface area contributed by atoms with Crippen LogP contribution in [0.4, 0.5) is 5.69 Å². The standard InChI is InChI=1S/C20H22ClN5OS/c1-11-8-12(2)17(13(3)9-11)23-19(27)14(4)28-20-25-24-18(26(20)22)15-6-5-7-16(21)10-15/h5-10,14H,22H2,1-4H3,(H,23,27)/t14-/m0/s1. The molecule has 28 heavy (non-hydrogen) atoms. The second-order valence-corrected chi connectivity index (χ2v) is 8.45. The number of hydrogen-bond donors (Lipinski definition) is 2. The molecule has 1 aromatic heterocycles. The highest BCUT2D eigenvalue weighted by Crippen LogP contribution is 2.28. The van der Waals surface area contributed by atoms with Crippen molar-refractivity contribution in [3.05, 3.63) is 58.1 Å². The first-order valence-electron chi connectivity index (χ1n) is 8.78. The van der Waals surface area contributed by atoms with Gasteiger partial charge in [-0.15, -0.1) is 10.2 Å². The van der Waals surface area contributed by atoms with Gasteiger partial charge < -0.3 is 11.2 Å². The summed E-state index contributed by atoms with van der Waals surface area (Å²) in [5.74, 6) is 6.52. The first-order chi connectivity index (χ1) is 13.3. The van der Waals surface area contributed by atoms with Gasteiger partial charge in [-0.25, -0.2) is 4.68 Å². The Labute approximate surface area is 173 Å². The number of carbonyl (C=O) groups is 1. The summed E-state index contributed by atoms with van der Waals surface area (Å²) >= 11 is 7.29. The second kappa shape index (κ2) is 8.24. The molecule has 1 atom stereocenters. The molecule has 1 heterocycles. The fraction of sp³-hybridized carbons (Fsp3) is 0.250. The third-order valence-electron chi connectivity index (χ3n) is 4.32. The Balaban J connectivity index is 1.75. The number of rotatable bonds is 5. The average molecular weight is 416 g/mol. The molecule has 0 saturated heterocycles. The summed E-state index contributed by atoms with van der Waals surface area (Å²) in [6.07, 6.45) is 0. The van der Waals surface area contributed by atoms with Gasteiger partial charge in [-0.2, -0.15) is 0 Å². The number of aromatic nitrogens is 3. The smallest absolute Gasteiger partial charge is 0.237 e. The third kappa shape index (κ3) is 4.31. The van der Waals surface area contributed by atoms with E-state index in [0.717, 1.165) is 22.4 Å². The van der Waals surface area contributed by atoms with Crippen LogP contribution in [0, 0.1) is 20.8 Å². The number of hydrogen-bond acceptors (Lipinski definition) is 5. The van der Waals surface area contributed by atoms with Crippen molar-refractivity contribution in [1.82, 2.24) is 14.9 Å². The third-order valence-corrected chi connectivity index (χ3v) is 5.62. The first-order valence-corrected chi connectivity index (χ1v) is 10.0. The van der Waals surface area contributed by atoms with E-state index in [0.29, 0.717) is 16.0 Å². The van der Waals surface area contributed by atoms with Crippen molar-refractivity contribution < 1.29 is 4.79 Å². The molecule has 0 aliphatic carbocycles. The summed E-state index contributed by atoms with van der Waals surface area (Å²) in [7, 11) is 0. The van der Waals surface area contributed by atoms with Crippen LogP contribution in [0.5, 0.6) is 0 Å². The number of benzene rings is 2. The van der Waals surface area contributed by atoms with Gasteiger partial charge in [0.15, 0.2) is 5.82 Å². The van der Waals surface area contributed by atoms with E-state index in [2.05, 4.69) is 15.5 Å². The van der Waals surface area contributed by atoms with Gasteiger partial charge in [-0.3, -0.25) is 4.79 Å². The monoisotopic (exact) mass is 415 g/mol. The number of nitrogen functional groups attached to an aromatic ring is 1.